The third-order valence-electron chi connectivity index (χ3n) is 2.88. The summed E-state index contributed by atoms with van der Waals surface area (Å²) in [7, 11) is 0. The number of ether oxygens (including phenoxy) is 1. The highest BCUT2D eigenvalue weighted by Crippen LogP contribution is 2.23. The Hall–Kier alpha value is -2.06. The fraction of sp³-hybridized carbons (Fsp3) is 0.118. The molecule has 0 aliphatic heterocycles. The van der Waals surface area contributed by atoms with Gasteiger partial charge in [-0.05, 0) is 53.9 Å². The van der Waals surface area contributed by atoms with E-state index in [1.807, 2.05) is 55.5 Å². The second-order valence-electron chi connectivity index (χ2n) is 4.26. The van der Waals surface area contributed by atoms with E-state index in [1.165, 1.54) is 0 Å². The summed E-state index contributed by atoms with van der Waals surface area (Å²) < 4.78 is 5.54. The van der Waals surface area contributed by atoms with Crippen molar-refractivity contribution in [3.05, 3.63) is 66.2 Å². The van der Waals surface area contributed by atoms with Crippen molar-refractivity contribution >= 4 is 16.8 Å². The van der Waals surface area contributed by atoms with Crippen LogP contribution in [0.3, 0.4) is 0 Å². The first-order valence-corrected chi connectivity index (χ1v) is 6.73. The van der Waals surface area contributed by atoms with Gasteiger partial charge in [-0.2, -0.15) is 0 Å². The summed E-state index contributed by atoms with van der Waals surface area (Å²) in [5.74, 6) is 0.833. The van der Waals surface area contributed by atoms with E-state index in [9.17, 15) is 4.79 Å². The third kappa shape index (κ3) is 3.72. The van der Waals surface area contributed by atoms with Crippen LogP contribution in [0.1, 0.15) is 17.3 Å². The Morgan fingerprint density at radius 3 is 2.10 bits per heavy atom. The van der Waals surface area contributed by atoms with Crippen LogP contribution >= 0.6 is 11.6 Å². The normalized spacial score (nSPS) is 10.7. The van der Waals surface area contributed by atoms with Gasteiger partial charge in [-0.25, -0.2) is 0 Å². The summed E-state index contributed by atoms with van der Waals surface area (Å²) in [4.78, 5) is 11.0. The molecule has 0 spiro atoms. The molecule has 2 aromatic carbocycles. The molecule has 0 bridgehead atoms. The van der Waals surface area contributed by atoms with E-state index in [-0.39, 0.29) is 0 Å². The Kier molecular flexibility index (Phi) is 4.97. The smallest absolute Gasteiger partial charge is 0.252 e. The minimum Gasteiger partial charge on any atom is -0.490 e. The maximum absolute atomic E-state index is 11.0. The average Bonchev–Trinajstić information content (AvgIpc) is 2.48. The number of benzene rings is 2. The summed E-state index contributed by atoms with van der Waals surface area (Å²) in [6.45, 7) is 2.53. The fourth-order valence-corrected chi connectivity index (χ4v) is 1.90. The Labute approximate surface area is 123 Å². The quantitative estimate of drug-likeness (QED) is 0.589. The molecule has 20 heavy (non-hydrogen) atoms. The highest BCUT2D eigenvalue weighted by atomic mass is 35.5. The number of carbonyl (C=O) groups is 1. The number of hydrogen-bond acceptors (Lipinski definition) is 2. The Morgan fingerprint density at radius 1 is 1.05 bits per heavy atom. The lowest BCUT2D eigenvalue weighted by Crippen LogP contribution is -1.92. The van der Waals surface area contributed by atoms with Crippen molar-refractivity contribution in [3.8, 4) is 16.9 Å². The molecule has 0 N–H and O–H groups in total. The number of allylic oxidation sites excluding steroid dienone is 1. The molecule has 2 rings (SSSR count). The lowest BCUT2D eigenvalue weighted by Gasteiger charge is -2.06. The monoisotopic (exact) mass is 286 g/mol. The van der Waals surface area contributed by atoms with E-state index in [1.54, 1.807) is 12.1 Å². The molecule has 0 unspecified atom stereocenters. The lowest BCUT2D eigenvalue weighted by molar-refractivity contribution is 0.108. The van der Waals surface area contributed by atoms with Gasteiger partial charge in [0.25, 0.3) is 5.24 Å². The van der Waals surface area contributed by atoms with Gasteiger partial charge in [0.1, 0.15) is 12.4 Å². The molecule has 0 saturated heterocycles. The molecule has 0 amide bonds. The van der Waals surface area contributed by atoms with Gasteiger partial charge in [0.2, 0.25) is 0 Å². The molecule has 0 aromatic heterocycles. The van der Waals surface area contributed by atoms with Crippen LogP contribution in [0.25, 0.3) is 11.1 Å². The fourth-order valence-electron chi connectivity index (χ4n) is 1.78. The van der Waals surface area contributed by atoms with E-state index in [4.69, 9.17) is 16.3 Å². The van der Waals surface area contributed by atoms with Gasteiger partial charge in [0.15, 0.2) is 0 Å². The molecule has 3 heteroatoms. The molecule has 0 aliphatic rings. The Morgan fingerprint density at radius 2 is 1.60 bits per heavy atom. The van der Waals surface area contributed by atoms with Crippen molar-refractivity contribution in [2.75, 3.05) is 6.61 Å². The highest BCUT2D eigenvalue weighted by molar-refractivity contribution is 6.67. The predicted octanol–water partition coefficient (Wildman–Crippen LogP) is 4.69. The molecular weight excluding hydrogens is 272 g/mol. The maximum Gasteiger partial charge on any atom is 0.252 e. The van der Waals surface area contributed by atoms with Gasteiger partial charge in [-0.15, -0.1) is 0 Å². The average molecular weight is 287 g/mol. The van der Waals surface area contributed by atoms with Gasteiger partial charge in [-0.1, -0.05) is 36.4 Å². The molecule has 0 radical (unpaired) electrons. The van der Waals surface area contributed by atoms with E-state index >= 15 is 0 Å². The zero-order chi connectivity index (χ0) is 14.4. The molecule has 102 valence electrons. The summed E-state index contributed by atoms with van der Waals surface area (Å²) in [6.07, 6.45) is 3.91. The van der Waals surface area contributed by atoms with E-state index in [0.717, 1.165) is 16.9 Å². The maximum atomic E-state index is 11.0. The van der Waals surface area contributed by atoms with Gasteiger partial charge in [-0.3, -0.25) is 4.79 Å². The van der Waals surface area contributed by atoms with Gasteiger partial charge in [0.05, 0.1) is 0 Å². The Balaban J connectivity index is 2.11. The number of rotatable bonds is 5. The topological polar surface area (TPSA) is 26.3 Å². The number of hydrogen-bond donors (Lipinski definition) is 0. The van der Waals surface area contributed by atoms with Crippen molar-refractivity contribution in [2.45, 2.75) is 6.92 Å². The first-order chi connectivity index (χ1) is 9.70. The number of halogens is 1. The number of carbonyl (C=O) groups excluding carboxylic acids is 1. The molecule has 2 nitrogen and oxygen atoms in total. The standard InChI is InChI=1S/C17H15ClO2/c1-2-3-12-20-16-10-8-14(9-11-16)13-4-6-15(7-5-13)17(18)19/h2-11H,12H2,1H3. The summed E-state index contributed by atoms with van der Waals surface area (Å²) in [5.41, 5.74) is 2.60. The molecule has 0 saturated carbocycles. The van der Waals surface area contributed by atoms with Crippen LogP contribution < -0.4 is 4.74 Å². The molecule has 0 fully saturated rings. The van der Waals surface area contributed by atoms with Crippen LogP contribution in [-0.2, 0) is 0 Å². The molecule has 0 heterocycles. The van der Waals surface area contributed by atoms with Crippen molar-refractivity contribution in [1.29, 1.82) is 0 Å². The van der Waals surface area contributed by atoms with Crippen molar-refractivity contribution < 1.29 is 9.53 Å². The first-order valence-electron chi connectivity index (χ1n) is 6.35. The minimum absolute atomic E-state index is 0.440. The largest absolute Gasteiger partial charge is 0.490 e. The van der Waals surface area contributed by atoms with Gasteiger partial charge >= 0.3 is 0 Å². The van der Waals surface area contributed by atoms with Crippen LogP contribution in [0.5, 0.6) is 5.75 Å². The van der Waals surface area contributed by atoms with Crippen LogP contribution in [0.4, 0.5) is 0 Å². The third-order valence-corrected chi connectivity index (χ3v) is 3.10. The second kappa shape index (κ2) is 6.92. The van der Waals surface area contributed by atoms with Crippen molar-refractivity contribution in [3.63, 3.8) is 0 Å². The molecular formula is C17H15ClO2. The highest BCUT2D eigenvalue weighted by Gasteiger charge is 2.02. The first kappa shape index (κ1) is 14.4. The van der Waals surface area contributed by atoms with E-state index in [2.05, 4.69) is 0 Å². The van der Waals surface area contributed by atoms with E-state index < -0.39 is 5.24 Å². The van der Waals surface area contributed by atoms with Crippen molar-refractivity contribution in [2.24, 2.45) is 0 Å². The zero-order valence-corrected chi connectivity index (χ0v) is 11.9. The molecule has 0 aliphatic carbocycles. The van der Waals surface area contributed by atoms with E-state index in [0.29, 0.717) is 12.2 Å². The van der Waals surface area contributed by atoms with Gasteiger partial charge < -0.3 is 4.74 Å². The minimum atomic E-state index is -0.440. The lowest BCUT2D eigenvalue weighted by atomic mass is 10.0. The summed E-state index contributed by atoms with van der Waals surface area (Å²) in [5, 5.41) is -0.440. The molecule has 2 aromatic rings. The van der Waals surface area contributed by atoms with Crippen LogP contribution in [0.15, 0.2) is 60.7 Å². The Bertz CT molecular complexity index is 598. The SMILES string of the molecule is CC=CCOc1ccc(-c2ccc(C(=O)Cl)cc2)cc1. The van der Waals surface area contributed by atoms with Crippen LogP contribution in [0.2, 0.25) is 0 Å². The summed E-state index contributed by atoms with van der Waals surface area (Å²) in [6, 6.07) is 15.0. The van der Waals surface area contributed by atoms with Crippen molar-refractivity contribution in [1.82, 2.24) is 0 Å². The van der Waals surface area contributed by atoms with Crippen LogP contribution in [-0.4, -0.2) is 11.8 Å². The predicted molar refractivity (Wildman–Crippen MR) is 82.4 cm³/mol. The summed E-state index contributed by atoms with van der Waals surface area (Å²) >= 11 is 5.42. The second-order valence-corrected chi connectivity index (χ2v) is 4.60. The van der Waals surface area contributed by atoms with Gasteiger partial charge in [0, 0.05) is 5.56 Å². The van der Waals surface area contributed by atoms with Crippen LogP contribution in [0, 0.1) is 0 Å². The zero-order valence-electron chi connectivity index (χ0n) is 11.2. The molecule has 0 atom stereocenters.